The molecule has 2 heterocycles. The molecule has 7 nitrogen and oxygen atoms in total. The molecule has 2 atom stereocenters. The Morgan fingerprint density at radius 2 is 2.29 bits per heavy atom. The Kier molecular flexibility index (Phi) is 5.69. The summed E-state index contributed by atoms with van der Waals surface area (Å²) in [4.78, 5) is 12.5. The van der Waals surface area contributed by atoms with Gasteiger partial charge in [0.2, 0.25) is 0 Å². The Hall–Kier alpha value is -1.47. The molecule has 0 bridgehead atoms. The van der Waals surface area contributed by atoms with Crippen molar-refractivity contribution < 1.29 is 10.0 Å². The van der Waals surface area contributed by atoms with Gasteiger partial charge in [-0.1, -0.05) is 19.8 Å². The molecule has 0 aromatic carbocycles. The van der Waals surface area contributed by atoms with Gasteiger partial charge in [0.1, 0.15) is 12.4 Å². The second-order valence-corrected chi connectivity index (χ2v) is 5.74. The average Bonchev–Trinajstić information content (AvgIpc) is 2.79. The summed E-state index contributed by atoms with van der Waals surface area (Å²) in [5.41, 5.74) is -0.0385. The molecule has 118 valence electrons. The molecular weight excluding hydrogens is 272 g/mol. The van der Waals surface area contributed by atoms with Gasteiger partial charge in [0, 0.05) is 12.6 Å². The Labute approximate surface area is 124 Å². The van der Waals surface area contributed by atoms with Crippen LogP contribution in [0, 0.1) is 10.1 Å². The Balaban J connectivity index is 1.89. The predicted octanol–water partition coefficient (Wildman–Crippen LogP) is 1.81. The van der Waals surface area contributed by atoms with Gasteiger partial charge in [-0.2, -0.15) is 5.10 Å². The standard InChI is InChI=1S/C14H24N4O3/c1-2-12-6-4-3-5-7-16(12)10-14(19)11-17-9-13(8-15-17)18(20)21/h8-9,12,14,19H,2-7,10-11H2,1H3. The van der Waals surface area contributed by atoms with Gasteiger partial charge in [-0.3, -0.25) is 19.7 Å². The maximum Gasteiger partial charge on any atom is 0.306 e. The molecule has 7 heteroatoms. The molecule has 1 aliphatic heterocycles. The third kappa shape index (κ3) is 4.50. The number of aliphatic hydroxyl groups is 1. The van der Waals surface area contributed by atoms with Crippen LogP contribution in [-0.2, 0) is 6.54 Å². The van der Waals surface area contributed by atoms with E-state index in [0.717, 1.165) is 13.0 Å². The highest BCUT2D eigenvalue weighted by atomic mass is 16.6. The summed E-state index contributed by atoms with van der Waals surface area (Å²) in [5, 5.41) is 24.8. The van der Waals surface area contributed by atoms with E-state index >= 15 is 0 Å². The first-order chi connectivity index (χ1) is 10.1. The number of likely N-dealkylation sites (tertiary alicyclic amines) is 1. The molecule has 0 aliphatic carbocycles. The van der Waals surface area contributed by atoms with Gasteiger partial charge < -0.3 is 5.11 Å². The van der Waals surface area contributed by atoms with E-state index in [1.165, 1.54) is 42.8 Å². The van der Waals surface area contributed by atoms with Gasteiger partial charge in [-0.25, -0.2) is 0 Å². The van der Waals surface area contributed by atoms with Crippen LogP contribution in [0.25, 0.3) is 0 Å². The Morgan fingerprint density at radius 3 is 2.95 bits per heavy atom. The van der Waals surface area contributed by atoms with Crippen molar-refractivity contribution in [1.82, 2.24) is 14.7 Å². The number of hydrogen-bond donors (Lipinski definition) is 1. The molecule has 21 heavy (non-hydrogen) atoms. The summed E-state index contributed by atoms with van der Waals surface area (Å²) >= 11 is 0. The molecule has 1 aliphatic rings. The van der Waals surface area contributed by atoms with Crippen molar-refractivity contribution in [3.8, 4) is 0 Å². The summed E-state index contributed by atoms with van der Waals surface area (Å²) in [6.07, 6.45) is 8.01. The molecule has 0 amide bonds. The first kappa shape index (κ1) is 15.9. The molecule has 0 saturated carbocycles. The van der Waals surface area contributed by atoms with E-state index < -0.39 is 11.0 Å². The highest BCUT2D eigenvalue weighted by molar-refractivity contribution is 5.20. The van der Waals surface area contributed by atoms with E-state index in [1.54, 1.807) is 0 Å². The van der Waals surface area contributed by atoms with E-state index in [2.05, 4.69) is 16.9 Å². The lowest BCUT2D eigenvalue weighted by atomic mass is 10.1. The molecule has 1 fully saturated rings. The minimum atomic E-state index is -0.559. The van der Waals surface area contributed by atoms with Crippen molar-refractivity contribution in [2.45, 2.75) is 57.7 Å². The minimum absolute atomic E-state index is 0.0385. The van der Waals surface area contributed by atoms with Gasteiger partial charge in [-0.05, 0) is 25.8 Å². The second-order valence-electron chi connectivity index (χ2n) is 5.74. The molecule has 0 spiro atoms. The van der Waals surface area contributed by atoms with Crippen molar-refractivity contribution in [2.24, 2.45) is 0 Å². The van der Waals surface area contributed by atoms with Crippen molar-refractivity contribution in [2.75, 3.05) is 13.1 Å². The van der Waals surface area contributed by atoms with Crippen LogP contribution in [0.5, 0.6) is 0 Å². The number of nitrogens with zero attached hydrogens (tertiary/aromatic N) is 4. The quantitative estimate of drug-likeness (QED) is 0.639. The fourth-order valence-electron chi connectivity index (χ4n) is 3.03. The first-order valence-corrected chi connectivity index (χ1v) is 7.69. The van der Waals surface area contributed by atoms with E-state index in [1.807, 2.05) is 0 Å². The lowest BCUT2D eigenvalue weighted by molar-refractivity contribution is -0.385. The van der Waals surface area contributed by atoms with Crippen LogP contribution in [0.2, 0.25) is 0 Å². The zero-order chi connectivity index (χ0) is 15.2. The number of nitro groups is 1. The zero-order valence-corrected chi connectivity index (χ0v) is 12.5. The van der Waals surface area contributed by atoms with Crippen LogP contribution >= 0.6 is 0 Å². The van der Waals surface area contributed by atoms with Gasteiger partial charge in [0.15, 0.2) is 0 Å². The van der Waals surface area contributed by atoms with E-state index in [4.69, 9.17) is 0 Å². The summed E-state index contributed by atoms with van der Waals surface area (Å²) in [6, 6.07) is 0.536. The molecule has 0 radical (unpaired) electrons. The van der Waals surface area contributed by atoms with Crippen LogP contribution in [0.1, 0.15) is 39.0 Å². The second kappa shape index (κ2) is 7.51. The lowest BCUT2D eigenvalue weighted by Gasteiger charge is -2.30. The Bertz CT molecular complexity index is 463. The van der Waals surface area contributed by atoms with E-state index in [0.29, 0.717) is 19.1 Å². The van der Waals surface area contributed by atoms with E-state index in [9.17, 15) is 15.2 Å². The van der Waals surface area contributed by atoms with Crippen molar-refractivity contribution >= 4 is 5.69 Å². The predicted molar refractivity (Wildman–Crippen MR) is 79.0 cm³/mol. The maximum atomic E-state index is 10.6. The van der Waals surface area contributed by atoms with Crippen LogP contribution in [0.3, 0.4) is 0 Å². The third-order valence-electron chi connectivity index (χ3n) is 4.14. The van der Waals surface area contributed by atoms with Gasteiger partial charge in [-0.15, -0.1) is 0 Å². The molecule has 1 saturated heterocycles. The van der Waals surface area contributed by atoms with Crippen LogP contribution in [0.4, 0.5) is 5.69 Å². The molecule has 1 N–H and O–H groups in total. The van der Waals surface area contributed by atoms with Crippen LogP contribution < -0.4 is 0 Å². The number of β-amino-alcohol motifs (C(OH)–C–C–N with tert-alkyl or cyclic N) is 1. The van der Waals surface area contributed by atoms with E-state index in [-0.39, 0.29) is 5.69 Å². The summed E-state index contributed by atoms with van der Waals surface area (Å²) in [7, 11) is 0. The monoisotopic (exact) mass is 296 g/mol. The first-order valence-electron chi connectivity index (χ1n) is 7.69. The van der Waals surface area contributed by atoms with Crippen molar-refractivity contribution in [3.63, 3.8) is 0 Å². The maximum absolute atomic E-state index is 10.6. The van der Waals surface area contributed by atoms with Crippen LogP contribution in [0.15, 0.2) is 12.4 Å². The number of aliphatic hydroxyl groups excluding tert-OH is 1. The third-order valence-corrected chi connectivity index (χ3v) is 4.14. The number of aromatic nitrogens is 2. The molecule has 1 aromatic rings. The largest absolute Gasteiger partial charge is 0.390 e. The van der Waals surface area contributed by atoms with Gasteiger partial charge >= 0.3 is 5.69 Å². The fourth-order valence-corrected chi connectivity index (χ4v) is 3.03. The van der Waals surface area contributed by atoms with Gasteiger partial charge in [0.05, 0.1) is 17.6 Å². The molecular formula is C14H24N4O3. The summed E-state index contributed by atoms with van der Waals surface area (Å²) in [6.45, 7) is 4.11. The van der Waals surface area contributed by atoms with Crippen LogP contribution in [-0.4, -0.2) is 49.9 Å². The molecule has 2 unspecified atom stereocenters. The van der Waals surface area contributed by atoms with Gasteiger partial charge in [0.25, 0.3) is 0 Å². The normalized spacial score (nSPS) is 21.9. The molecule has 1 aromatic heterocycles. The summed E-state index contributed by atoms with van der Waals surface area (Å²) in [5.74, 6) is 0. The number of hydrogen-bond acceptors (Lipinski definition) is 5. The average molecular weight is 296 g/mol. The Morgan fingerprint density at radius 1 is 1.48 bits per heavy atom. The minimum Gasteiger partial charge on any atom is -0.390 e. The smallest absolute Gasteiger partial charge is 0.306 e. The lowest BCUT2D eigenvalue weighted by Crippen LogP contribution is -2.41. The van der Waals surface area contributed by atoms with Crippen molar-refractivity contribution in [3.05, 3.63) is 22.5 Å². The summed E-state index contributed by atoms with van der Waals surface area (Å²) < 4.78 is 1.45. The number of rotatable bonds is 6. The zero-order valence-electron chi connectivity index (χ0n) is 12.5. The highest BCUT2D eigenvalue weighted by Gasteiger charge is 2.22. The fraction of sp³-hybridized carbons (Fsp3) is 0.786. The van der Waals surface area contributed by atoms with Crippen molar-refractivity contribution in [1.29, 1.82) is 0 Å². The SMILES string of the molecule is CCC1CCCCCN1CC(O)Cn1cc([N+](=O)[O-])cn1. The molecule has 2 rings (SSSR count). The highest BCUT2D eigenvalue weighted by Crippen LogP contribution is 2.19. The topological polar surface area (TPSA) is 84.4 Å².